The first-order valence-electron chi connectivity index (χ1n) is 6.81. The molecule has 0 radical (unpaired) electrons. The van der Waals surface area contributed by atoms with Crippen molar-refractivity contribution in [1.29, 1.82) is 0 Å². The van der Waals surface area contributed by atoms with Gasteiger partial charge in [-0.1, -0.05) is 30.7 Å². The molecule has 21 heavy (non-hydrogen) atoms. The molecule has 0 aromatic carbocycles. The highest BCUT2D eigenvalue weighted by molar-refractivity contribution is 5.28. The van der Waals surface area contributed by atoms with Gasteiger partial charge in [-0.05, 0) is 19.4 Å². The number of allylic oxidation sites excluding steroid dienone is 5. The van der Waals surface area contributed by atoms with E-state index in [0.29, 0.717) is 6.42 Å². The van der Waals surface area contributed by atoms with E-state index >= 15 is 0 Å². The Bertz CT molecular complexity index is 441. The largest absolute Gasteiger partial charge is 0.510 e. The summed E-state index contributed by atoms with van der Waals surface area (Å²) in [6, 6.07) is 0. The Morgan fingerprint density at radius 1 is 1.29 bits per heavy atom. The highest BCUT2D eigenvalue weighted by Gasteiger charge is 2.33. The molecule has 0 aromatic rings. The molecule has 1 aliphatic carbocycles. The zero-order valence-electron chi connectivity index (χ0n) is 12.2. The normalized spacial score (nSPS) is 28.7. The molecule has 0 saturated heterocycles. The molecule has 0 aliphatic heterocycles. The van der Waals surface area contributed by atoms with Crippen molar-refractivity contribution in [3.63, 3.8) is 0 Å². The van der Waals surface area contributed by atoms with Crippen molar-refractivity contribution in [1.82, 2.24) is 0 Å². The highest BCUT2D eigenvalue weighted by Crippen LogP contribution is 2.32. The predicted octanol–water partition coefficient (Wildman–Crippen LogP) is -0.223. The van der Waals surface area contributed by atoms with E-state index in [1.54, 1.807) is 0 Å². The summed E-state index contributed by atoms with van der Waals surface area (Å²) in [7, 11) is 0. The lowest BCUT2D eigenvalue weighted by Crippen LogP contribution is -2.46. The molecule has 6 nitrogen and oxygen atoms in total. The van der Waals surface area contributed by atoms with Crippen LogP contribution in [0.15, 0.2) is 35.6 Å². The molecule has 0 bridgehead atoms. The van der Waals surface area contributed by atoms with Crippen LogP contribution in [-0.2, 0) is 0 Å². The van der Waals surface area contributed by atoms with Crippen molar-refractivity contribution >= 4 is 0 Å². The van der Waals surface area contributed by atoms with Crippen LogP contribution in [-0.4, -0.2) is 61.7 Å². The highest BCUT2D eigenvalue weighted by atomic mass is 16.4. The van der Waals surface area contributed by atoms with Crippen LogP contribution < -0.4 is 0 Å². The number of aliphatic hydroxyl groups excluding tert-OH is 6. The van der Waals surface area contributed by atoms with Gasteiger partial charge in [-0.2, -0.15) is 0 Å². The van der Waals surface area contributed by atoms with Gasteiger partial charge in [0.1, 0.15) is 30.2 Å². The van der Waals surface area contributed by atoms with Gasteiger partial charge in [0.15, 0.2) is 0 Å². The monoisotopic (exact) mass is 300 g/mol. The quantitative estimate of drug-likeness (QED) is 0.377. The summed E-state index contributed by atoms with van der Waals surface area (Å²) in [5, 5.41) is 56.9. The molecular weight excluding hydrogens is 276 g/mol. The number of hydrogen-bond acceptors (Lipinski definition) is 6. The third kappa shape index (κ3) is 4.66. The Kier molecular flexibility index (Phi) is 6.12. The van der Waals surface area contributed by atoms with Crippen LogP contribution in [0.25, 0.3) is 0 Å². The minimum Gasteiger partial charge on any atom is -0.510 e. The standard InChI is InChI=1S/C15H24O6/c1-9-3-5-15(2,6-4-9)7-10(17)12(19)14(21)13(20)11(18)8-16/h3-5,7,11-14,16-21H,6,8H2,1-2H3/t11-,12+,13-,14-,15?/m1/s1. The minimum absolute atomic E-state index is 0.494. The molecule has 1 aliphatic rings. The van der Waals surface area contributed by atoms with Gasteiger partial charge >= 0.3 is 0 Å². The van der Waals surface area contributed by atoms with Crippen LogP contribution in [0.2, 0.25) is 0 Å². The first-order valence-corrected chi connectivity index (χ1v) is 6.81. The van der Waals surface area contributed by atoms with Crippen LogP contribution in [0.3, 0.4) is 0 Å². The molecule has 0 saturated carbocycles. The summed E-state index contributed by atoms with van der Waals surface area (Å²) < 4.78 is 0. The van der Waals surface area contributed by atoms with Gasteiger partial charge in [0.2, 0.25) is 0 Å². The molecule has 0 aromatic heterocycles. The van der Waals surface area contributed by atoms with Gasteiger partial charge in [0, 0.05) is 5.41 Å². The maximum atomic E-state index is 9.92. The van der Waals surface area contributed by atoms with Gasteiger partial charge in [-0.3, -0.25) is 0 Å². The molecule has 6 heteroatoms. The molecule has 0 fully saturated rings. The summed E-state index contributed by atoms with van der Waals surface area (Å²) in [5.74, 6) is -0.494. The second kappa shape index (κ2) is 7.20. The number of hydrogen-bond donors (Lipinski definition) is 6. The van der Waals surface area contributed by atoms with E-state index in [0.717, 1.165) is 5.57 Å². The smallest absolute Gasteiger partial charge is 0.139 e. The van der Waals surface area contributed by atoms with Gasteiger partial charge in [0.05, 0.1) is 6.61 Å². The van der Waals surface area contributed by atoms with Gasteiger partial charge in [0.25, 0.3) is 0 Å². The second-order valence-corrected chi connectivity index (χ2v) is 5.74. The summed E-state index contributed by atoms with van der Waals surface area (Å²) in [6.07, 6.45) is 0.849. The lowest BCUT2D eigenvalue weighted by atomic mass is 9.81. The van der Waals surface area contributed by atoms with Crippen molar-refractivity contribution in [3.05, 3.63) is 35.6 Å². The first-order chi connectivity index (χ1) is 9.70. The molecule has 6 N–H and O–H groups in total. The van der Waals surface area contributed by atoms with E-state index in [4.69, 9.17) is 5.11 Å². The molecule has 0 heterocycles. The Hall–Kier alpha value is -1.18. The Morgan fingerprint density at radius 3 is 2.38 bits per heavy atom. The summed E-state index contributed by atoms with van der Waals surface area (Å²) in [5.41, 5.74) is 0.590. The lowest BCUT2D eigenvalue weighted by molar-refractivity contribution is -0.113. The van der Waals surface area contributed by atoms with E-state index in [2.05, 4.69) is 0 Å². The van der Waals surface area contributed by atoms with Crippen LogP contribution >= 0.6 is 0 Å². The topological polar surface area (TPSA) is 121 Å². The Morgan fingerprint density at radius 2 is 1.90 bits per heavy atom. The third-order valence-corrected chi connectivity index (χ3v) is 3.63. The van der Waals surface area contributed by atoms with Crippen molar-refractivity contribution in [3.8, 4) is 0 Å². The van der Waals surface area contributed by atoms with Crippen molar-refractivity contribution < 1.29 is 30.6 Å². The minimum atomic E-state index is -1.81. The maximum absolute atomic E-state index is 9.92. The average molecular weight is 300 g/mol. The van der Waals surface area contributed by atoms with E-state index in [9.17, 15) is 25.5 Å². The van der Waals surface area contributed by atoms with E-state index in [-0.39, 0.29) is 0 Å². The fraction of sp³-hybridized carbons (Fsp3) is 0.600. The second-order valence-electron chi connectivity index (χ2n) is 5.74. The lowest BCUT2D eigenvalue weighted by Gasteiger charge is -2.28. The predicted molar refractivity (Wildman–Crippen MR) is 77.4 cm³/mol. The van der Waals surface area contributed by atoms with Crippen LogP contribution in [0.1, 0.15) is 20.3 Å². The Labute approximate surface area is 124 Å². The zero-order chi connectivity index (χ0) is 16.2. The first kappa shape index (κ1) is 17.9. The SMILES string of the molecule is CC1=CCC(C)(C=C(O)[C@H](O)[C@@H](O)[C@H](O)[C@H](O)CO)C=C1. The number of aliphatic hydroxyl groups is 6. The molecule has 0 amide bonds. The van der Waals surface area contributed by atoms with E-state index < -0.39 is 42.2 Å². The van der Waals surface area contributed by atoms with E-state index in [1.165, 1.54) is 6.08 Å². The maximum Gasteiger partial charge on any atom is 0.139 e. The zero-order valence-corrected chi connectivity index (χ0v) is 12.2. The molecular formula is C15H24O6. The fourth-order valence-corrected chi connectivity index (χ4v) is 2.07. The molecule has 1 rings (SSSR count). The molecule has 5 atom stereocenters. The van der Waals surface area contributed by atoms with Crippen LogP contribution in [0.4, 0.5) is 0 Å². The van der Waals surface area contributed by atoms with Crippen LogP contribution in [0, 0.1) is 5.41 Å². The summed E-state index contributed by atoms with van der Waals surface area (Å²) >= 11 is 0. The van der Waals surface area contributed by atoms with Crippen molar-refractivity contribution in [2.24, 2.45) is 5.41 Å². The third-order valence-electron chi connectivity index (χ3n) is 3.63. The van der Waals surface area contributed by atoms with Gasteiger partial charge in [-0.15, -0.1) is 0 Å². The van der Waals surface area contributed by atoms with E-state index in [1.807, 2.05) is 32.1 Å². The fourth-order valence-electron chi connectivity index (χ4n) is 2.07. The summed E-state index contributed by atoms with van der Waals surface area (Å²) in [4.78, 5) is 0. The molecule has 120 valence electrons. The van der Waals surface area contributed by atoms with Gasteiger partial charge < -0.3 is 30.6 Å². The van der Waals surface area contributed by atoms with Crippen molar-refractivity contribution in [2.45, 2.75) is 44.7 Å². The molecule has 0 spiro atoms. The number of rotatable bonds is 6. The summed E-state index contributed by atoms with van der Waals surface area (Å²) in [6.45, 7) is 3.03. The molecule has 1 unspecified atom stereocenters. The van der Waals surface area contributed by atoms with Crippen molar-refractivity contribution in [2.75, 3.05) is 6.61 Å². The van der Waals surface area contributed by atoms with Gasteiger partial charge in [-0.25, -0.2) is 0 Å². The Balaban J connectivity index is 2.80. The average Bonchev–Trinajstić information content (AvgIpc) is 2.47. The van der Waals surface area contributed by atoms with Crippen LogP contribution in [0.5, 0.6) is 0 Å².